The Labute approximate surface area is 108 Å². The zero-order valence-corrected chi connectivity index (χ0v) is 10.9. The molecule has 1 unspecified atom stereocenters. The van der Waals surface area contributed by atoms with E-state index >= 15 is 0 Å². The summed E-state index contributed by atoms with van der Waals surface area (Å²) in [5, 5.41) is 0. The van der Waals surface area contributed by atoms with Crippen molar-refractivity contribution >= 4 is 0 Å². The van der Waals surface area contributed by atoms with Crippen LogP contribution in [0.15, 0.2) is 54.6 Å². The lowest BCUT2D eigenvalue weighted by Crippen LogP contribution is -2.37. The van der Waals surface area contributed by atoms with Crippen LogP contribution in [-0.4, -0.2) is 13.7 Å². The summed E-state index contributed by atoms with van der Waals surface area (Å²) in [6.45, 7) is 2.49. The van der Waals surface area contributed by atoms with E-state index in [1.54, 1.807) is 7.11 Å². The molecule has 18 heavy (non-hydrogen) atoms. The number of rotatable bonds is 4. The smallest absolute Gasteiger partial charge is 0.0681 e. The highest BCUT2D eigenvalue weighted by Crippen LogP contribution is 2.23. The second kappa shape index (κ2) is 5.34. The monoisotopic (exact) mass is 241 g/mol. The molecule has 2 nitrogen and oxygen atoms in total. The van der Waals surface area contributed by atoms with Crippen LogP contribution in [0.2, 0.25) is 0 Å². The molecule has 0 amide bonds. The van der Waals surface area contributed by atoms with Gasteiger partial charge < -0.3 is 10.5 Å². The number of hydrogen-bond acceptors (Lipinski definition) is 2. The van der Waals surface area contributed by atoms with Crippen LogP contribution in [0.4, 0.5) is 0 Å². The average molecular weight is 241 g/mol. The molecule has 0 saturated heterocycles. The quantitative estimate of drug-likeness (QED) is 0.892. The third kappa shape index (κ3) is 2.78. The van der Waals surface area contributed by atoms with Crippen molar-refractivity contribution in [1.82, 2.24) is 0 Å². The predicted molar refractivity (Wildman–Crippen MR) is 75.3 cm³/mol. The van der Waals surface area contributed by atoms with Gasteiger partial charge in [0.05, 0.1) is 12.1 Å². The standard InChI is InChI=1S/C16H19NO/c1-16(17,12-18-2)15-10-8-14(9-11-15)13-6-4-3-5-7-13/h3-11H,12,17H2,1-2H3. The molecule has 2 aromatic rings. The van der Waals surface area contributed by atoms with Crippen LogP contribution >= 0.6 is 0 Å². The molecule has 0 spiro atoms. The normalized spacial score (nSPS) is 14.2. The van der Waals surface area contributed by atoms with Crippen molar-refractivity contribution in [3.63, 3.8) is 0 Å². The van der Waals surface area contributed by atoms with Crippen LogP contribution in [-0.2, 0) is 10.3 Å². The van der Waals surface area contributed by atoms with Gasteiger partial charge in [-0.1, -0.05) is 54.6 Å². The van der Waals surface area contributed by atoms with Crippen molar-refractivity contribution in [2.45, 2.75) is 12.5 Å². The van der Waals surface area contributed by atoms with Crippen LogP contribution in [0.25, 0.3) is 11.1 Å². The van der Waals surface area contributed by atoms with Crippen LogP contribution in [0.1, 0.15) is 12.5 Å². The average Bonchev–Trinajstić information content (AvgIpc) is 2.40. The van der Waals surface area contributed by atoms with Gasteiger partial charge in [0, 0.05) is 7.11 Å². The first-order chi connectivity index (χ1) is 8.63. The van der Waals surface area contributed by atoms with Crippen LogP contribution in [0.5, 0.6) is 0 Å². The van der Waals surface area contributed by atoms with E-state index in [2.05, 4.69) is 36.4 Å². The molecule has 0 fully saturated rings. The summed E-state index contributed by atoms with van der Waals surface area (Å²) in [4.78, 5) is 0. The van der Waals surface area contributed by atoms with Gasteiger partial charge in [-0.05, 0) is 23.6 Å². The van der Waals surface area contributed by atoms with Gasteiger partial charge >= 0.3 is 0 Å². The third-order valence-corrected chi connectivity index (χ3v) is 3.10. The Hall–Kier alpha value is -1.64. The van der Waals surface area contributed by atoms with Gasteiger partial charge in [-0.3, -0.25) is 0 Å². The summed E-state index contributed by atoms with van der Waals surface area (Å²) in [5.41, 5.74) is 9.28. The van der Waals surface area contributed by atoms with Gasteiger partial charge in [0.15, 0.2) is 0 Å². The van der Waals surface area contributed by atoms with Crippen molar-refractivity contribution in [2.75, 3.05) is 13.7 Å². The fraction of sp³-hybridized carbons (Fsp3) is 0.250. The van der Waals surface area contributed by atoms with E-state index in [1.165, 1.54) is 11.1 Å². The molecule has 94 valence electrons. The highest BCUT2D eigenvalue weighted by molar-refractivity contribution is 5.63. The number of ether oxygens (including phenoxy) is 1. The minimum Gasteiger partial charge on any atom is -0.382 e. The summed E-state index contributed by atoms with van der Waals surface area (Å²) in [5.74, 6) is 0. The maximum Gasteiger partial charge on any atom is 0.0681 e. The minimum absolute atomic E-state index is 0.441. The Balaban J connectivity index is 2.26. The number of nitrogens with two attached hydrogens (primary N) is 1. The van der Waals surface area contributed by atoms with E-state index in [0.29, 0.717) is 6.61 Å². The predicted octanol–water partition coefficient (Wildman–Crippen LogP) is 3.17. The Morgan fingerprint density at radius 1 is 0.944 bits per heavy atom. The molecular weight excluding hydrogens is 222 g/mol. The number of methoxy groups -OCH3 is 1. The van der Waals surface area contributed by atoms with Crippen molar-refractivity contribution in [3.8, 4) is 11.1 Å². The zero-order chi connectivity index (χ0) is 13.0. The second-order valence-corrected chi connectivity index (χ2v) is 4.79. The fourth-order valence-corrected chi connectivity index (χ4v) is 2.06. The zero-order valence-electron chi connectivity index (χ0n) is 10.9. The van der Waals surface area contributed by atoms with Gasteiger partial charge in [0.25, 0.3) is 0 Å². The highest BCUT2D eigenvalue weighted by atomic mass is 16.5. The summed E-state index contributed by atoms with van der Waals surface area (Å²) < 4.78 is 5.15. The van der Waals surface area contributed by atoms with E-state index in [-0.39, 0.29) is 0 Å². The van der Waals surface area contributed by atoms with Gasteiger partial charge in [-0.2, -0.15) is 0 Å². The van der Waals surface area contributed by atoms with E-state index in [9.17, 15) is 0 Å². The Morgan fingerprint density at radius 2 is 1.50 bits per heavy atom. The van der Waals surface area contributed by atoms with Gasteiger partial charge in [-0.25, -0.2) is 0 Å². The maximum atomic E-state index is 6.21. The van der Waals surface area contributed by atoms with Crippen LogP contribution in [0.3, 0.4) is 0 Å². The summed E-state index contributed by atoms with van der Waals surface area (Å²) in [6.07, 6.45) is 0. The summed E-state index contributed by atoms with van der Waals surface area (Å²) in [7, 11) is 1.67. The van der Waals surface area contributed by atoms with Crippen molar-refractivity contribution in [2.24, 2.45) is 5.73 Å². The molecule has 0 radical (unpaired) electrons. The molecule has 0 aliphatic carbocycles. The fourth-order valence-electron chi connectivity index (χ4n) is 2.06. The molecule has 0 heterocycles. The Kier molecular flexibility index (Phi) is 3.80. The van der Waals surface area contributed by atoms with E-state index in [4.69, 9.17) is 10.5 Å². The molecule has 2 rings (SSSR count). The van der Waals surface area contributed by atoms with Crippen molar-refractivity contribution < 1.29 is 4.74 Å². The second-order valence-electron chi connectivity index (χ2n) is 4.79. The molecule has 0 aromatic heterocycles. The van der Waals surface area contributed by atoms with E-state index in [1.807, 2.05) is 25.1 Å². The molecule has 0 aliphatic heterocycles. The third-order valence-electron chi connectivity index (χ3n) is 3.10. The number of hydrogen-bond donors (Lipinski definition) is 1. The number of benzene rings is 2. The van der Waals surface area contributed by atoms with Gasteiger partial charge in [0.2, 0.25) is 0 Å². The minimum atomic E-state index is -0.441. The molecule has 2 N–H and O–H groups in total. The summed E-state index contributed by atoms with van der Waals surface area (Å²) in [6, 6.07) is 18.7. The Morgan fingerprint density at radius 3 is 2.06 bits per heavy atom. The molecule has 2 aromatic carbocycles. The lowest BCUT2D eigenvalue weighted by Gasteiger charge is -2.24. The molecule has 0 aliphatic rings. The molecule has 0 saturated carbocycles. The molecule has 2 heteroatoms. The SMILES string of the molecule is COCC(C)(N)c1ccc(-c2ccccc2)cc1. The van der Waals surface area contributed by atoms with Crippen LogP contribution < -0.4 is 5.73 Å². The van der Waals surface area contributed by atoms with Gasteiger partial charge in [0.1, 0.15) is 0 Å². The van der Waals surface area contributed by atoms with E-state index < -0.39 is 5.54 Å². The lowest BCUT2D eigenvalue weighted by molar-refractivity contribution is 0.141. The first kappa shape index (κ1) is 12.8. The highest BCUT2D eigenvalue weighted by Gasteiger charge is 2.20. The van der Waals surface area contributed by atoms with Crippen molar-refractivity contribution in [3.05, 3.63) is 60.2 Å². The maximum absolute atomic E-state index is 6.21. The molecular formula is C16H19NO. The molecule has 1 atom stereocenters. The largest absolute Gasteiger partial charge is 0.382 e. The topological polar surface area (TPSA) is 35.2 Å². The molecule has 0 bridgehead atoms. The first-order valence-corrected chi connectivity index (χ1v) is 6.07. The first-order valence-electron chi connectivity index (χ1n) is 6.07. The van der Waals surface area contributed by atoms with Gasteiger partial charge in [-0.15, -0.1) is 0 Å². The van der Waals surface area contributed by atoms with Crippen molar-refractivity contribution in [1.29, 1.82) is 0 Å². The van der Waals surface area contributed by atoms with E-state index in [0.717, 1.165) is 5.56 Å². The lowest BCUT2D eigenvalue weighted by atomic mass is 9.92. The van der Waals surface area contributed by atoms with Crippen LogP contribution in [0, 0.1) is 0 Å². The summed E-state index contributed by atoms with van der Waals surface area (Å²) >= 11 is 0. The Bertz CT molecular complexity index is 488.